The number of nitro benzene ring substituents is 1. The van der Waals surface area contributed by atoms with E-state index in [1.54, 1.807) is 0 Å². The summed E-state index contributed by atoms with van der Waals surface area (Å²) < 4.78 is 0. The number of nitrogens with zero attached hydrogens (tertiary/aromatic N) is 1. The van der Waals surface area contributed by atoms with Crippen LogP contribution in [-0.4, -0.2) is 23.3 Å². The van der Waals surface area contributed by atoms with Crippen LogP contribution in [0.1, 0.15) is 16.8 Å². The maximum Gasteiger partial charge on any atom is 0.270 e. The predicted octanol–water partition coefficient (Wildman–Crippen LogP) is -0.514. The second-order valence-electron chi connectivity index (χ2n) is 3.60. The fraction of sp³-hybridized carbons (Fsp3) is 0.200. The van der Waals surface area contributed by atoms with Crippen molar-refractivity contribution in [2.75, 3.05) is 12.0 Å². The first-order valence-electron chi connectivity index (χ1n) is 5.27. The first-order valence-corrected chi connectivity index (χ1v) is 5.27. The van der Waals surface area contributed by atoms with Gasteiger partial charge in [0.1, 0.15) is 0 Å². The molecule has 0 bridgehead atoms. The van der Waals surface area contributed by atoms with E-state index in [1.165, 1.54) is 12.1 Å². The molecular weight excluding hydrogens is 254 g/mol. The molecule has 0 heterocycles. The first kappa shape index (κ1) is 14.4. The van der Waals surface area contributed by atoms with Gasteiger partial charge in [-0.25, -0.2) is 0 Å². The van der Waals surface area contributed by atoms with Crippen LogP contribution in [0.2, 0.25) is 0 Å². The molecule has 102 valence electrons. The number of nitrogens with two attached hydrogens (primary N) is 2. The van der Waals surface area contributed by atoms with Gasteiger partial charge in [0, 0.05) is 25.1 Å². The highest BCUT2D eigenvalue weighted by Crippen LogP contribution is 2.21. The molecule has 2 amide bonds. The standard InChI is InChI=1S/C10H13N5O4/c11-9(16)3-4-13-10(17)7-5-6(15(18)19)1-2-8(7)14-12/h1-2,5,14H,3-4,12H2,(H2,11,16)(H,13,17). The Hall–Kier alpha value is -2.68. The fourth-order valence-electron chi connectivity index (χ4n) is 1.35. The maximum absolute atomic E-state index is 11.8. The summed E-state index contributed by atoms with van der Waals surface area (Å²) in [6, 6.07) is 3.63. The first-order chi connectivity index (χ1) is 8.95. The monoisotopic (exact) mass is 267 g/mol. The number of primary amides is 1. The van der Waals surface area contributed by atoms with Crippen LogP contribution in [0.5, 0.6) is 0 Å². The van der Waals surface area contributed by atoms with Crippen LogP contribution >= 0.6 is 0 Å². The summed E-state index contributed by atoms with van der Waals surface area (Å²) >= 11 is 0. The molecule has 0 aliphatic carbocycles. The van der Waals surface area contributed by atoms with Crippen molar-refractivity contribution < 1.29 is 14.5 Å². The van der Waals surface area contributed by atoms with E-state index in [2.05, 4.69) is 10.7 Å². The number of nitro groups is 1. The van der Waals surface area contributed by atoms with E-state index in [0.717, 1.165) is 6.07 Å². The number of carbonyl (C=O) groups is 2. The van der Waals surface area contributed by atoms with Crippen molar-refractivity contribution in [2.45, 2.75) is 6.42 Å². The minimum atomic E-state index is -0.625. The Labute approximate surface area is 108 Å². The van der Waals surface area contributed by atoms with Crippen molar-refractivity contribution in [1.29, 1.82) is 0 Å². The summed E-state index contributed by atoms with van der Waals surface area (Å²) in [5.74, 6) is 4.07. The Morgan fingerprint density at radius 1 is 1.37 bits per heavy atom. The highest BCUT2D eigenvalue weighted by molar-refractivity contribution is 6.00. The third-order valence-corrected chi connectivity index (χ3v) is 2.27. The van der Waals surface area contributed by atoms with Gasteiger partial charge in [0.25, 0.3) is 11.6 Å². The lowest BCUT2D eigenvalue weighted by atomic mass is 10.1. The van der Waals surface area contributed by atoms with Crippen LogP contribution in [0.3, 0.4) is 0 Å². The van der Waals surface area contributed by atoms with E-state index in [0.29, 0.717) is 0 Å². The van der Waals surface area contributed by atoms with E-state index in [1.807, 2.05) is 0 Å². The normalized spacial score (nSPS) is 9.74. The summed E-state index contributed by atoms with van der Waals surface area (Å²) in [5, 5.41) is 13.1. The van der Waals surface area contributed by atoms with Crippen LogP contribution in [0.4, 0.5) is 11.4 Å². The van der Waals surface area contributed by atoms with Crippen LogP contribution < -0.4 is 22.3 Å². The van der Waals surface area contributed by atoms with Gasteiger partial charge < -0.3 is 16.5 Å². The summed E-state index contributed by atoms with van der Waals surface area (Å²) in [7, 11) is 0. The number of amides is 2. The summed E-state index contributed by atoms with van der Waals surface area (Å²) in [6.45, 7) is 0.0425. The van der Waals surface area contributed by atoms with Crippen LogP contribution in [-0.2, 0) is 4.79 Å². The largest absolute Gasteiger partial charge is 0.370 e. The molecule has 1 aromatic carbocycles. The van der Waals surface area contributed by atoms with Gasteiger partial charge in [-0.1, -0.05) is 0 Å². The Morgan fingerprint density at radius 3 is 2.58 bits per heavy atom. The molecule has 0 radical (unpaired) electrons. The van der Waals surface area contributed by atoms with E-state index in [4.69, 9.17) is 11.6 Å². The minimum absolute atomic E-state index is 0.0150. The number of carbonyl (C=O) groups excluding carboxylic acids is 2. The van der Waals surface area contributed by atoms with Crippen LogP contribution in [0.25, 0.3) is 0 Å². The average Bonchev–Trinajstić information content (AvgIpc) is 2.37. The van der Waals surface area contributed by atoms with Gasteiger partial charge in [-0.3, -0.25) is 25.5 Å². The molecule has 6 N–H and O–H groups in total. The van der Waals surface area contributed by atoms with Gasteiger partial charge >= 0.3 is 0 Å². The van der Waals surface area contributed by atoms with Gasteiger partial charge in [-0.05, 0) is 6.07 Å². The number of benzene rings is 1. The zero-order chi connectivity index (χ0) is 14.4. The minimum Gasteiger partial charge on any atom is -0.370 e. The number of hydrogen-bond acceptors (Lipinski definition) is 6. The molecule has 0 aliphatic heterocycles. The second-order valence-corrected chi connectivity index (χ2v) is 3.60. The van der Waals surface area contributed by atoms with Crippen molar-refractivity contribution in [2.24, 2.45) is 11.6 Å². The summed E-state index contributed by atoms with van der Waals surface area (Å²) in [6.07, 6.45) is -0.0218. The number of rotatable bonds is 6. The average molecular weight is 267 g/mol. The topological polar surface area (TPSA) is 153 Å². The van der Waals surface area contributed by atoms with Crippen molar-refractivity contribution in [3.8, 4) is 0 Å². The van der Waals surface area contributed by atoms with Crippen molar-refractivity contribution in [3.05, 3.63) is 33.9 Å². The molecule has 9 heteroatoms. The smallest absolute Gasteiger partial charge is 0.270 e. The highest BCUT2D eigenvalue weighted by atomic mass is 16.6. The van der Waals surface area contributed by atoms with E-state index in [-0.39, 0.29) is 29.9 Å². The zero-order valence-electron chi connectivity index (χ0n) is 9.88. The predicted molar refractivity (Wildman–Crippen MR) is 67.1 cm³/mol. The Morgan fingerprint density at radius 2 is 2.05 bits per heavy atom. The third-order valence-electron chi connectivity index (χ3n) is 2.27. The molecule has 9 nitrogen and oxygen atoms in total. The Bertz CT molecular complexity index is 517. The van der Waals surface area contributed by atoms with Gasteiger partial charge in [-0.2, -0.15) is 0 Å². The van der Waals surface area contributed by atoms with Crippen molar-refractivity contribution >= 4 is 23.2 Å². The number of non-ortho nitro benzene ring substituents is 1. The number of nitrogens with one attached hydrogen (secondary N) is 2. The van der Waals surface area contributed by atoms with Crippen molar-refractivity contribution in [3.63, 3.8) is 0 Å². The number of nitrogen functional groups attached to an aromatic ring is 1. The molecule has 0 aromatic heterocycles. The molecule has 19 heavy (non-hydrogen) atoms. The summed E-state index contributed by atoms with van der Waals surface area (Å²) in [4.78, 5) is 32.3. The van der Waals surface area contributed by atoms with Crippen molar-refractivity contribution in [1.82, 2.24) is 5.32 Å². The number of anilines is 1. The van der Waals surface area contributed by atoms with Gasteiger partial charge in [0.05, 0.1) is 16.2 Å². The fourth-order valence-corrected chi connectivity index (χ4v) is 1.35. The lowest BCUT2D eigenvalue weighted by Crippen LogP contribution is -2.29. The third kappa shape index (κ3) is 3.92. The summed E-state index contributed by atoms with van der Waals surface area (Å²) in [5.41, 5.74) is 7.21. The van der Waals surface area contributed by atoms with E-state index in [9.17, 15) is 19.7 Å². The van der Waals surface area contributed by atoms with E-state index >= 15 is 0 Å². The highest BCUT2D eigenvalue weighted by Gasteiger charge is 2.16. The SMILES string of the molecule is NNc1ccc([N+](=O)[O-])cc1C(=O)NCCC(N)=O. The molecule has 0 unspecified atom stereocenters. The second kappa shape index (κ2) is 6.31. The van der Waals surface area contributed by atoms with E-state index < -0.39 is 16.7 Å². The molecule has 0 spiro atoms. The van der Waals surface area contributed by atoms with Gasteiger partial charge in [0.15, 0.2) is 0 Å². The molecule has 0 saturated carbocycles. The van der Waals surface area contributed by atoms with Gasteiger partial charge in [-0.15, -0.1) is 0 Å². The number of hydrogen-bond donors (Lipinski definition) is 4. The molecule has 0 saturated heterocycles. The quantitative estimate of drug-likeness (QED) is 0.309. The van der Waals surface area contributed by atoms with Crippen LogP contribution in [0.15, 0.2) is 18.2 Å². The lowest BCUT2D eigenvalue weighted by Gasteiger charge is -2.09. The molecule has 1 rings (SSSR count). The molecule has 0 atom stereocenters. The maximum atomic E-state index is 11.8. The van der Waals surface area contributed by atoms with Gasteiger partial charge in [0.2, 0.25) is 5.91 Å². The molecule has 0 aliphatic rings. The Kier molecular flexibility index (Phi) is 4.77. The molecular formula is C10H13N5O4. The zero-order valence-corrected chi connectivity index (χ0v) is 9.88. The lowest BCUT2D eigenvalue weighted by molar-refractivity contribution is -0.384. The molecule has 1 aromatic rings. The number of hydrazine groups is 1. The molecule has 0 fully saturated rings. The Balaban J connectivity index is 2.89. The van der Waals surface area contributed by atoms with Crippen LogP contribution in [0, 0.1) is 10.1 Å².